The zero-order valence-corrected chi connectivity index (χ0v) is 15.4. The van der Waals surface area contributed by atoms with Crippen LogP contribution in [0.2, 0.25) is 0 Å². The highest BCUT2D eigenvalue weighted by Crippen LogP contribution is 2.40. The van der Waals surface area contributed by atoms with Crippen molar-refractivity contribution in [3.63, 3.8) is 0 Å². The minimum Gasteiger partial charge on any atom is -0.385 e. The van der Waals surface area contributed by atoms with Gasteiger partial charge < -0.3 is 9.64 Å². The Labute approximate surface area is 138 Å². The van der Waals surface area contributed by atoms with Crippen molar-refractivity contribution in [2.24, 2.45) is 11.3 Å². The summed E-state index contributed by atoms with van der Waals surface area (Å²) in [6, 6.07) is 2.15. The maximum atomic E-state index is 12.5. The first-order valence-corrected chi connectivity index (χ1v) is 9.00. The molecule has 0 saturated heterocycles. The van der Waals surface area contributed by atoms with E-state index in [1.807, 2.05) is 11.9 Å². The van der Waals surface area contributed by atoms with Crippen LogP contribution < -0.4 is 0 Å². The summed E-state index contributed by atoms with van der Waals surface area (Å²) < 4.78 is 5.05. The summed E-state index contributed by atoms with van der Waals surface area (Å²) >= 11 is 1.70. The maximum Gasteiger partial charge on any atom is 0.263 e. The minimum absolute atomic E-state index is 0.155. The van der Waals surface area contributed by atoms with E-state index in [0.29, 0.717) is 12.0 Å². The number of rotatable bonds is 5. The fourth-order valence-corrected chi connectivity index (χ4v) is 4.31. The predicted molar refractivity (Wildman–Crippen MR) is 92.7 cm³/mol. The van der Waals surface area contributed by atoms with E-state index in [9.17, 15) is 4.79 Å². The van der Waals surface area contributed by atoms with Crippen molar-refractivity contribution in [2.75, 3.05) is 27.3 Å². The Morgan fingerprint density at radius 1 is 1.45 bits per heavy atom. The Morgan fingerprint density at radius 2 is 2.18 bits per heavy atom. The molecule has 1 aliphatic carbocycles. The van der Waals surface area contributed by atoms with Gasteiger partial charge in [-0.15, -0.1) is 11.3 Å². The van der Waals surface area contributed by atoms with Gasteiger partial charge in [0.2, 0.25) is 0 Å². The van der Waals surface area contributed by atoms with Gasteiger partial charge in [-0.2, -0.15) is 0 Å². The van der Waals surface area contributed by atoms with Gasteiger partial charge >= 0.3 is 0 Å². The van der Waals surface area contributed by atoms with Gasteiger partial charge in [-0.3, -0.25) is 4.79 Å². The summed E-state index contributed by atoms with van der Waals surface area (Å²) in [5.74, 6) is 0.875. The molecule has 2 rings (SSSR count). The lowest BCUT2D eigenvalue weighted by Crippen LogP contribution is -2.27. The maximum absolute atomic E-state index is 12.5. The van der Waals surface area contributed by atoms with Crippen LogP contribution in [-0.2, 0) is 17.6 Å². The second-order valence-electron chi connectivity index (χ2n) is 7.44. The van der Waals surface area contributed by atoms with Crippen LogP contribution in [-0.4, -0.2) is 38.1 Å². The number of aryl methyl sites for hydroxylation is 1. The third-order valence-electron chi connectivity index (χ3n) is 4.71. The van der Waals surface area contributed by atoms with Crippen molar-refractivity contribution >= 4 is 17.2 Å². The smallest absolute Gasteiger partial charge is 0.263 e. The molecular weight excluding hydrogens is 294 g/mol. The number of ether oxygens (including phenoxy) is 1. The second-order valence-corrected chi connectivity index (χ2v) is 8.57. The van der Waals surface area contributed by atoms with Crippen LogP contribution in [0.25, 0.3) is 0 Å². The van der Waals surface area contributed by atoms with Crippen LogP contribution in [0.1, 0.15) is 53.7 Å². The average Bonchev–Trinajstić information content (AvgIpc) is 2.88. The van der Waals surface area contributed by atoms with E-state index in [-0.39, 0.29) is 5.91 Å². The Morgan fingerprint density at radius 3 is 2.82 bits per heavy atom. The average molecular weight is 324 g/mol. The Kier molecular flexibility index (Phi) is 5.67. The highest BCUT2D eigenvalue weighted by molar-refractivity contribution is 7.14. The van der Waals surface area contributed by atoms with Crippen LogP contribution in [0.15, 0.2) is 6.07 Å². The summed E-state index contributed by atoms with van der Waals surface area (Å²) in [5, 5.41) is 0. The number of thiophene rings is 1. The lowest BCUT2D eigenvalue weighted by atomic mass is 9.72. The molecule has 0 aromatic carbocycles. The van der Waals surface area contributed by atoms with Gasteiger partial charge in [0.05, 0.1) is 4.88 Å². The molecule has 0 aliphatic heterocycles. The monoisotopic (exact) mass is 323 g/mol. The van der Waals surface area contributed by atoms with Gasteiger partial charge in [-0.1, -0.05) is 20.8 Å². The standard InChI is InChI=1S/C18H29NO2S/c1-18(2,3)14-7-8-15-13(11-14)12-16(22-15)17(20)19(4)9-6-10-21-5/h12,14H,6-11H2,1-5H3. The van der Waals surface area contributed by atoms with Crippen molar-refractivity contribution < 1.29 is 9.53 Å². The van der Waals surface area contributed by atoms with Crippen molar-refractivity contribution in [3.05, 3.63) is 21.4 Å². The molecule has 0 fully saturated rings. The fraction of sp³-hybridized carbons (Fsp3) is 0.722. The third-order valence-corrected chi connectivity index (χ3v) is 5.93. The number of hydrogen-bond acceptors (Lipinski definition) is 3. The van der Waals surface area contributed by atoms with E-state index in [1.54, 1.807) is 18.4 Å². The molecule has 1 atom stereocenters. The lowest BCUT2D eigenvalue weighted by molar-refractivity contribution is 0.0784. The molecule has 3 nitrogen and oxygen atoms in total. The van der Waals surface area contributed by atoms with Gasteiger partial charge in [-0.05, 0) is 48.6 Å². The highest BCUT2D eigenvalue weighted by atomic mass is 32.1. The summed E-state index contributed by atoms with van der Waals surface area (Å²) in [6.07, 6.45) is 4.38. The van der Waals surface area contributed by atoms with E-state index in [1.165, 1.54) is 16.9 Å². The highest BCUT2D eigenvalue weighted by Gasteiger charge is 2.30. The molecule has 1 aromatic heterocycles. The number of methoxy groups -OCH3 is 1. The minimum atomic E-state index is 0.155. The fourth-order valence-electron chi connectivity index (χ4n) is 3.10. The first-order chi connectivity index (χ1) is 10.3. The van der Waals surface area contributed by atoms with E-state index in [0.717, 1.165) is 36.6 Å². The quantitative estimate of drug-likeness (QED) is 0.766. The zero-order valence-electron chi connectivity index (χ0n) is 14.6. The van der Waals surface area contributed by atoms with Crippen LogP contribution in [0.4, 0.5) is 0 Å². The molecule has 0 N–H and O–H groups in total. The van der Waals surface area contributed by atoms with Gasteiger partial charge in [0.25, 0.3) is 5.91 Å². The number of amides is 1. The Balaban J connectivity index is 2.03. The number of carbonyl (C=O) groups excluding carboxylic acids is 1. The molecule has 0 saturated carbocycles. The molecule has 1 aliphatic rings. The first kappa shape index (κ1) is 17.5. The van der Waals surface area contributed by atoms with Crippen LogP contribution in [0.5, 0.6) is 0 Å². The van der Waals surface area contributed by atoms with Crippen molar-refractivity contribution in [3.8, 4) is 0 Å². The molecule has 124 valence electrons. The van der Waals surface area contributed by atoms with E-state index < -0.39 is 0 Å². The van der Waals surface area contributed by atoms with Crippen LogP contribution >= 0.6 is 11.3 Å². The van der Waals surface area contributed by atoms with Crippen LogP contribution in [0, 0.1) is 11.3 Å². The summed E-state index contributed by atoms with van der Waals surface area (Å²) in [7, 11) is 3.58. The number of fused-ring (bicyclic) bond motifs is 1. The molecule has 4 heteroatoms. The number of nitrogens with zero attached hydrogens (tertiary/aromatic N) is 1. The number of hydrogen-bond donors (Lipinski definition) is 0. The van der Waals surface area contributed by atoms with E-state index in [4.69, 9.17) is 4.74 Å². The molecule has 22 heavy (non-hydrogen) atoms. The molecule has 1 aromatic rings. The van der Waals surface area contributed by atoms with Gasteiger partial charge in [0.15, 0.2) is 0 Å². The normalized spacial score (nSPS) is 18.1. The van der Waals surface area contributed by atoms with Crippen LogP contribution in [0.3, 0.4) is 0 Å². The third kappa shape index (κ3) is 4.11. The van der Waals surface area contributed by atoms with Gasteiger partial charge in [0, 0.05) is 32.2 Å². The van der Waals surface area contributed by atoms with Crippen molar-refractivity contribution in [1.82, 2.24) is 4.90 Å². The second kappa shape index (κ2) is 7.14. The Hall–Kier alpha value is -0.870. The molecule has 0 radical (unpaired) electrons. The topological polar surface area (TPSA) is 29.5 Å². The van der Waals surface area contributed by atoms with E-state index in [2.05, 4.69) is 26.8 Å². The van der Waals surface area contributed by atoms with E-state index >= 15 is 0 Å². The molecule has 1 amide bonds. The summed E-state index contributed by atoms with van der Waals surface area (Å²) in [5.41, 5.74) is 1.76. The lowest BCUT2D eigenvalue weighted by Gasteiger charge is -2.33. The molecule has 1 unspecified atom stereocenters. The largest absolute Gasteiger partial charge is 0.385 e. The number of carbonyl (C=O) groups is 1. The Bertz CT molecular complexity index is 516. The zero-order chi connectivity index (χ0) is 16.3. The van der Waals surface area contributed by atoms with Gasteiger partial charge in [0.1, 0.15) is 0 Å². The van der Waals surface area contributed by atoms with Gasteiger partial charge in [-0.25, -0.2) is 0 Å². The molecule has 0 spiro atoms. The van der Waals surface area contributed by atoms with Crippen molar-refractivity contribution in [2.45, 2.75) is 46.5 Å². The SMILES string of the molecule is COCCCN(C)C(=O)c1cc2c(s1)CCC(C(C)(C)C)C2. The molecule has 0 bridgehead atoms. The molecule has 1 heterocycles. The summed E-state index contributed by atoms with van der Waals surface area (Å²) in [6.45, 7) is 8.42. The molecular formula is C18H29NO2S. The summed E-state index contributed by atoms with van der Waals surface area (Å²) in [4.78, 5) is 16.7. The first-order valence-electron chi connectivity index (χ1n) is 8.19. The van der Waals surface area contributed by atoms with Crippen molar-refractivity contribution in [1.29, 1.82) is 0 Å². The predicted octanol–water partition coefficient (Wildman–Crippen LogP) is 4.01.